The first-order valence-electron chi connectivity index (χ1n) is 6.30. The van der Waals surface area contributed by atoms with Gasteiger partial charge in [0.05, 0.1) is 5.02 Å². The van der Waals surface area contributed by atoms with Gasteiger partial charge in [-0.1, -0.05) is 35.4 Å². The van der Waals surface area contributed by atoms with Gasteiger partial charge >= 0.3 is 0 Å². The Balaban J connectivity index is 2.15. The van der Waals surface area contributed by atoms with E-state index in [1.54, 1.807) is 18.2 Å². The minimum absolute atomic E-state index is 0.00650. The smallest absolute Gasteiger partial charge is 0.138 e. The van der Waals surface area contributed by atoms with Crippen molar-refractivity contribution in [1.82, 2.24) is 0 Å². The van der Waals surface area contributed by atoms with E-state index in [2.05, 4.69) is 32.0 Å². The molecule has 0 heterocycles. The fraction of sp³-hybridized carbons (Fsp3) is 0.188. The first-order valence-corrected chi connectivity index (χ1v) is 6.68. The van der Waals surface area contributed by atoms with Crippen LogP contribution in [0.2, 0.25) is 5.02 Å². The zero-order valence-electron chi connectivity index (χ0n) is 11.5. The molecule has 0 aromatic heterocycles. The second kappa shape index (κ2) is 5.97. The van der Waals surface area contributed by atoms with E-state index in [0.29, 0.717) is 22.9 Å². The summed E-state index contributed by atoms with van der Waals surface area (Å²) >= 11 is 6.13. The maximum absolute atomic E-state index is 7.37. The molecular formula is C16H17ClN2O. The summed E-state index contributed by atoms with van der Waals surface area (Å²) in [5, 5.41) is 7.83. The lowest BCUT2D eigenvalue weighted by Gasteiger charge is -2.11. The number of ether oxygens (including phenoxy) is 1. The van der Waals surface area contributed by atoms with E-state index in [1.807, 2.05) is 0 Å². The van der Waals surface area contributed by atoms with Crippen LogP contribution < -0.4 is 10.5 Å². The number of nitrogens with one attached hydrogen (secondary N) is 1. The van der Waals surface area contributed by atoms with Gasteiger partial charge in [0.1, 0.15) is 18.2 Å². The highest BCUT2D eigenvalue weighted by Crippen LogP contribution is 2.26. The van der Waals surface area contributed by atoms with Gasteiger partial charge < -0.3 is 10.5 Å². The zero-order chi connectivity index (χ0) is 14.7. The van der Waals surface area contributed by atoms with E-state index in [-0.39, 0.29) is 5.84 Å². The van der Waals surface area contributed by atoms with Crippen LogP contribution in [0.1, 0.15) is 22.3 Å². The van der Waals surface area contributed by atoms with Crippen LogP contribution in [-0.4, -0.2) is 5.84 Å². The molecule has 0 radical (unpaired) electrons. The van der Waals surface area contributed by atoms with Crippen LogP contribution in [0, 0.1) is 19.3 Å². The van der Waals surface area contributed by atoms with Gasteiger partial charge in [-0.2, -0.15) is 0 Å². The largest absolute Gasteiger partial charge is 0.487 e. The molecule has 0 bridgehead atoms. The second-order valence-corrected chi connectivity index (χ2v) is 5.18. The standard InChI is InChI=1S/C16H17ClN2O/c1-10-3-4-11(2)13(7-10)9-20-15-6-5-12(16(18)19)8-14(15)17/h3-8H,9H2,1-2H3,(H3,18,19). The van der Waals surface area contributed by atoms with Gasteiger partial charge in [0.15, 0.2) is 0 Å². The molecule has 2 rings (SSSR count). The molecule has 0 unspecified atom stereocenters. The molecular weight excluding hydrogens is 272 g/mol. The predicted octanol–water partition coefficient (Wildman–Crippen LogP) is 3.82. The van der Waals surface area contributed by atoms with Crippen molar-refractivity contribution < 1.29 is 4.74 Å². The number of hydrogen-bond acceptors (Lipinski definition) is 2. The number of halogens is 1. The van der Waals surface area contributed by atoms with E-state index >= 15 is 0 Å². The van der Waals surface area contributed by atoms with Crippen LogP contribution in [0.3, 0.4) is 0 Å². The monoisotopic (exact) mass is 288 g/mol. The number of nitrogen functional groups attached to an aromatic ring is 1. The molecule has 0 aliphatic rings. The van der Waals surface area contributed by atoms with Crippen molar-refractivity contribution >= 4 is 17.4 Å². The number of aryl methyl sites for hydroxylation is 2. The zero-order valence-corrected chi connectivity index (χ0v) is 12.3. The predicted molar refractivity (Wildman–Crippen MR) is 82.7 cm³/mol. The molecule has 3 nitrogen and oxygen atoms in total. The topological polar surface area (TPSA) is 59.1 Å². The third kappa shape index (κ3) is 3.31. The summed E-state index contributed by atoms with van der Waals surface area (Å²) in [6.45, 7) is 4.57. The average Bonchev–Trinajstić information content (AvgIpc) is 2.40. The highest BCUT2D eigenvalue weighted by atomic mass is 35.5. The molecule has 20 heavy (non-hydrogen) atoms. The number of amidine groups is 1. The van der Waals surface area contributed by atoms with E-state index in [1.165, 1.54) is 11.1 Å². The lowest BCUT2D eigenvalue weighted by atomic mass is 10.1. The van der Waals surface area contributed by atoms with Crippen molar-refractivity contribution in [3.05, 3.63) is 63.7 Å². The molecule has 0 saturated heterocycles. The third-order valence-corrected chi connectivity index (χ3v) is 3.43. The Morgan fingerprint density at radius 2 is 1.95 bits per heavy atom. The highest BCUT2D eigenvalue weighted by molar-refractivity contribution is 6.32. The summed E-state index contributed by atoms with van der Waals surface area (Å²) in [6, 6.07) is 11.4. The van der Waals surface area contributed by atoms with Gasteiger partial charge in [0.25, 0.3) is 0 Å². The fourth-order valence-corrected chi connectivity index (χ4v) is 2.13. The van der Waals surface area contributed by atoms with Crippen molar-refractivity contribution in [1.29, 1.82) is 5.41 Å². The lowest BCUT2D eigenvalue weighted by molar-refractivity contribution is 0.305. The van der Waals surface area contributed by atoms with Gasteiger partial charge in [-0.15, -0.1) is 0 Å². The molecule has 0 spiro atoms. The summed E-state index contributed by atoms with van der Waals surface area (Å²) in [7, 11) is 0. The number of nitrogens with two attached hydrogens (primary N) is 1. The van der Waals surface area contributed by atoms with Crippen molar-refractivity contribution in [2.45, 2.75) is 20.5 Å². The molecule has 0 amide bonds. The minimum atomic E-state index is -0.00650. The number of hydrogen-bond donors (Lipinski definition) is 2. The molecule has 0 fully saturated rings. The molecule has 4 heteroatoms. The Hall–Kier alpha value is -2.00. The highest BCUT2D eigenvalue weighted by Gasteiger charge is 2.06. The summed E-state index contributed by atoms with van der Waals surface area (Å²) in [5.41, 5.74) is 9.53. The molecule has 104 valence electrons. The normalized spacial score (nSPS) is 10.3. The molecule has 2 aromatic carbocycles. The van der Waals surface area contributed by atoms with Crippen LogP contribution >= 0.6 is 11.6 Å². The molecule has 2 aromatic rings. The molecule has 0 atom stereocenters. The van der Waals surface area contributed by atoms with E-state index in [0.717, 1.165) is 5.56 Å². The maximum atomic E-state index is 7.37. The van der Waals surface area contributed by atoms with Crippen LogP contribution in [-0.2, 0) is 6.61 Å². The van der Waals surface area contributed by atoms with E-state index < -0.39 is 0 Å². The van der Waals surface area contributed by atoms with Crippen molar-refractivity contribution in [2.75, 3.05) is 0 Å². The lowest BCUT2D eigenvalue weighted by Crippen LogP contribution is -2.10. The number of benzene rings is 2. The molecule has 0 saturated carbocycles. The summed E-state index contributed by atoms with van der Waals surface area (Å²) in [4.78, 5) is 0. The summed E-state index contributed by atoms with van der Waals surface area (Å²) < 4.78 is 5.75. The van der Waals surface area contributed by atoms with Crippen molar-refractivity contribution in [2.24, 2.45) is 5.73 Å². The molecule has 3 N–H and O–H groups in total. The number of rotatable bonds is 4. The van der Waals surface area contributed by atoms with Gasteiger partial charge in [-0.3, -0.25) is 5.41 Å². The third-order valence-electron chi connectivity index (χ3n) is 3.13. The Morgan fingerprint density at radius 3 is 2.60 bits per heavy atom. The fourth-order valence-electron chi connectivity index (χ4n) is 1.90. The van der Waals surface area contributed by atoms with Crippen LogP contribution in [0.4, 0.5) is 0 Å². The molecule has 0 aliphatic heterocycles. The van der Waals surface area contributed by atoms with E-state index in [4.69, 9.17) is 27.5 Å². The van der Waals surface area contributed by atoms with Crippen LogP contribution in [0.5, 0.6) is 5.75 Å². The summed E-state index contributed by atoms with van der Waals surface area (Å²) in [6.07, 6.45) is 0. The van der Waals surface area contributed by atoms with Gasteiger partial charge in [-0.25, -0.2) is 0 Å². The first kappa shape index (κ1) is 14.4. The van der Waals surface area contributed by atoms with Crippen LogP contribution in [0.15, 0.2) is 36.4 Å². The second-order valence-electron chi connectivity index (χ2n) is 4.78. The average molecular weight is 289 g/mol. The Morgan fingerprint density at radius 1 is 1.20 bits per heavy atom. The maximum Gasteiger partial charge on any atom is 0.138 e. The van der Waals surface area contributed by atoms with Gasteiger partial charge in [0, 0.05) is 5.56 Å². The van der Waals surface area contributed by atoms with Crippen molar-refractivity contribution in [3.8, 4) is 5.75 Å². The Kier molecular flexibility index (Phi) is 4.30. The van der Waals surface area contributed by atoms with Crippen molar-refractivity contribution in [3.63, 3.8) is 0 Å². The quantitative estimate of drug-likeness (QED) is 0.664. The Labute approximate surface area is 123 Å². The van der Waals surface area contributed by atoms with Gasteiger partial charge in [0.2, 0.25) is 0 Å². The SMILES string of the molecule is Cc1ccc(C)c(COc2ccc(C(=N)N)cc2Cl)c1. The first-order chi connectivity index (χ1) is 9.47. The molecule has 0 aliphatic carbocycles. The van der Waals surface area contributed by atoms with E-state index in [9.17, 15) is 0 Å². The van der Waals surface area contributed by atoms with Crippen LogP contribution in [0.25, 0.3) is 0 Å². The summed E-state index contributed by atoms with van der Waals surface area (Å²) in [5.74, 6) is 0.588. The van der Waals surface area contributed by atoms with Gasteiger partial charge in [-0.05, 0) is 43.2 Å². The Bertz CT molecular complexity index is 653. The minimum Gasteiger partial charge on any atom is -0.487 e.